The molecular formula is C9H13N5S. The van der Waals surface area contributed by atoms with Gasteiger partial charge < -0.3 is 5.73 Å². The maximum absolute atomic E-state index is 5.74. The van der Waals surface area contributed by atoms with Gasteiger partial charge in [0.25, 0.3) is 0 Å². The SMILES string of the molecule is CCCc1c(N)nnn1Cc1cscn1. The summed E-state index contributed by atoms with van der Waals surface area (Å²) in [6.45, 7) is 2.77. The zero-order valence-corrected chi connectivity index (χ0v) is 9.37. The summed E-state index contributed by atoms with van der Waals surface area (Å²) in [5, 5.41) is 9.91. The minimum Gasteiger partial charge on any atom is -0.381 e. The molecule has 5 nitrogen and oxygen atoms in total. The summed E-state index contributed by atoms with van der Waals surface area (Å²) in [7, 11) is 0. The molecule has 0 fully saturated rings. The molecule has 2 aromatic rings. The third-order valence-corrected chi connectivity index (χ3v) is 2.78. The minimum atomic E-state index is 0.534. The highest BCUT2D eigenvalue weighted by Crippen LogP contribution is 2.12. The molecule has 2 rings (SSSR count). The summed E-state index contributed by atoms with van der Waals surface area (Å²) < 4.78 is 1.83. The average molecular weight is 223 g/mol. The van der Waals surface area contributed by atoms with Crippen LogP contribution in [0.3, 0.4) is 0 Å². The Balaban J connectivity index is 2.21. The van der Waals surface area contributed by atoms with Gasteiger partial charge in [-0.05, 0) is 6.42 Å². The Morgan fingerprint density at radius 1 is 1.53 bits per heavy atom. The van der Waals surface area contributed by atoms with Crippen LogP contribution in [0.5, 0.6) is 0 Å². The number of hydrogen-bond donors (Lipinski definition) is 1. The fourth-order valence-corrected chi connectivity index (χ4v) is 1.99. The van der Waals surface area contributed by atoms with E-state index in [4.69, 9.17) is 5.73 Å². The first-order chi connectivity index (χ1) is 7.31. The fraction of sp³-hybridized carbons (Fsp3) is 0.444. The Morgan fingerprint density at radius 2 is 2.40 bits per heavy atom. The molecule has 2 N–H and O–H groups in total. The third-order valence-electron chi connectivity index (χ3n) is 2.15. The average Bonchev–Trinajstić information content (AvgIpc) is 2.83. The summed E-state index contributed by atoms with van der Waals surface area (Å²) in [5.74, 6) is 0.534. The van der Waals surface area contributed by atoms with Crippen molar-refractivity contribution >= 4 is 17.2 Å². The highest BCUT2D eigenvalue weighted by molar-refractivity contribution is 7.07. The molecule has 15 heavy (non-hydrogen) atoms. The number of nitrogens with zero attached hydrogens (tertiary/aromatic N) is 4. The van der Waals surface area contributed by atoms with Crippen molar-refractivity contribution < 1.29 is 0 Å². The molecule has 0 amide bonds. The molecular weight excluding hydrogens is 210 g/mol. The van der Waals surface area contributed by atoms with Gasteiger partial charge in [0.2, 0.25) is 0 Å². The Bertz CT molecular complexity index is 420. The molecule has 0 aromatic carbocycles. The van der Waals surface area contributed by atoms with Gasteiger partial charge in [-0.25, -0.2) is 9.67 Å². The lowest BCUT2D eigenvalue weighted by Crippen LogP contribution is -2.07. The summed E-state index contributed by atoms with van der Waals surface area (Å²) in [6, 6.07) is 0. The maximum atomic E-state index is 5.74. The molecule has 80 valence electrons. The largest absolute Gasteiger partial charge is 0.381 e. The topological polar surface area (TPSA) is 69.6 Å². The monoisotopic (exact) mass is 223 g/mol. The number of aromatic nitrogens is 4. The quantitative estimate of drug-likeness (QED) is 0.848. The van der Waals surface area contributed by atoms with Gasteiger partial charge in [0, 0.05) is 5.38 Å². The Morgan fingerprint density at radius 3 is 3.07 bits per heavy atom. The molecule has 0 spiro atoms. The van der Waals surface area contributed by atoms with E-state index in [9.17, 15) is 0 Å². The van der Waals surface area contributed by atoms with Gasteiger partial charge in [-0.15, -0.1) is 16.4 Å². The lowest BCUT2D eigenvalue weighted by atomic mass is 10.2. The van der Waals surface area contributed by atoms with Crippen molar-refractivity contribution in [3.8, 4) is 0 Å². The summed E-state index contributed by atoms with van der Waals surface area (Å²) >= 11 is 1.58. The molecule has 0 radical (unpaired) electrons. The van der Waals surface area contributed by atoms with E-state index < -0.39 is 0 Å². The predicted molar refractivity (Wildman–Crippen MR) is 59.6 cm³/mol. The molecule has 2 aromatic heterocycles. The minimum absolute atomic E-state index is 0.534. The first-order valence-corrected chi connectivity index (χ1v) is 5.80. The first kappa shape index (κ1) is 10.1. The van der Waals surface area contributed by atoms with Gasteiger partial charge in [0.1, 0.15) is 0 Å². The number of anilines is 1. The van der Waals surface area contributed by atoms with Crippen LogP contribution in [0.15, 0.2) is 10.9 Å². The van der Waals surface area contributed by atoms with E-state index in [1.807, 2.05) is 15.6 Å². The van der Waals surface area contributed by atoms with E-state index in [-0.39, 0.29) is 0 Å². The van der Waals surface area contributed by atoms with Crippen LogP contribution in [0.25, 0.3) is 0 Å². The molecule has 0 aliphatic carbocycles. The molecule has 0 atom stereocenters. The van der Waals surface area contributed by atoms with Crippen LogP contribution in [0.4, 0.5) is 5.82 Å². The molecule has 0 saturated heterocycles. The first-order valence-electron chi connectivity index (χ1n) is 4.86. The zero-order chi connectivity index (χ0) is 10.7. The van der Waals surface area contributed by atoms with Crippen LogP contribution in [0.1, 0.15) is 24.7 Å². The van der Waals surface area contributed by atoms with Crippen LogP contribution in [0, 0.1) is 0 Å². The Kier molecular flexibility index (Phi) is 2.96. The second-order valence-corrected chi connectivity index (χ2v) is 4.03. The molecule has 0 aliphatic heterocycles. The molecule has 2 heterocycles. The van der Waals surface area contributed by atoms with E-state index in [0.29, 0.717) is 12.4 Å². The smallest absolute Gasteiger partial charge is 0.169 e. The highest BCUT2D eigenvalue weighted by atomic mass is 32.1. The molecule has 6 heteroatoms. The standard InChI is InChI=1S/C9H13N5S/c1-2-3-8-9(10)12-13-14(8)4-7-5-15-6-11-7/h5-6H,2-4,10H2,1H3. The zero-order valence-electron chi connectivity index (χ0n) is 8.55. The summed E-state index contributed by atoms with van der Waals surface area (Å²) in [5.41, 5.74) is 9.57. The van der Waals surface area contributed by atoms with Crippen molar-refractivity contribution in [2.75, 3.05) is 5.73 Å². The number of nitrogen functional groups attached to an aromatic ring is 1. The highest BCUT2D eigenvalue weighted by Gasteiger charge is 2.09. The summed E-state index contributed by atoms with van der Waals surface area (Å²) in [6.07, 6.45) is 1.94. The number of hydrogen-bond acceptors (Lipinski definition) is 5. The predicted octanol–water partition coefficient (Wildman–Crippen LogP) is 1.32. The van der Waals surface area contributed by atoms with Gasteiger partial charge in [-0.1, -0.05) is 18.6 Å². The number of thiazole rings is 1. The van der Waals surface area contributed by atoms with Crippen molar-refractivity contribution in [3.05, 3.63) is 22.3 Å². The second kappa shape index (κ2) is 4.39. The molecule has 0 saturated carbocycles. The van der Waals surface area contributed by atoms with Crippen molar-refractivity contribution in [1.82, 2.24) is 20.0 Å². The lowest BCUT2D eigenvalue weighted by Gasteiger charge is -2.03. The van der Waals surface area contributed by atoms with Crippen molar-refractivity contribution in [3.63, 3.8) is 0 Å². The normalized spacial score (nSPS) is 10.7. The van der Waals surface area contributed by atoms with Crippen LogP contribution >= 0.6 is 11.3 Å². The number of rotatable bonds is 4. The maximum Gasteiger partial charge on any atom is 0.169 e. The van der Waals surface area contributed by atoms with Crippen molar-refractivity contribution in [2.24, 2.45) is 0 Å². The Labute approximate surface area is 91.9 Å². The van der Waals surface area contributed by atoms with Crippen LogP contribution in [-0.4, -0.2) is 20.0 Å². The van der Waals surface area contributed by atoms with Crippen LogP contribution in [0.2, 0.25) is 0 Å². The van der Waals surface area contributed by atoms with E-state index in [0.717, 1.165) is 24.2 Å². The molecule has 0 bridgehead atoms. The third kappa shape index (κ3) is 2.15. The van der Waals surface area contributed by atoms with Gasteiger partial charge >= 0.3 is 0 Å². The van der Waals surface area contributed by atoms with Crippen molar-refractivity contribution in [2.45, 2.75) is 26.3 Å². The van der Waals surface area contributed by atoms with Crippen molar-refractivity contribution in [1.29, 1.82) is 0 Å². The van der Waals surface area contributed by atoms with E-state index in [2.05, 4.69) is 22.2 Å². The Hall–Kier alpha value is -1.43. The van der Waals surface area contributed by atoms with Gasteiger partial charge in [0.15, 0.2) is 5.82 Å². The van der Waals surface area contributed by atoms with Crippen LogP contribution in [-0.2, 0) is 13.0 Å². The van der Waals surface area contributed by atoms with Gasteiger partial charge in [-0.3, -0.25) is 0 Å². The summed E-state index contributed by atoms with van der Waals surface area (Å²) in [4.78, 5) is 4.21. The second-order valence-electron chi connectivity index (χ2n) is 3.31. The number of nitrogens with two attached hydrogens (primary N) is 1. The van der Waals surface area contributed by atoms with Gasteiger partial charge in [0.05, 0.1) is 23.4 Å². The molecule has 0 aliphatic rings. The lowest BCUT2D eigenvalue weighted by molar-refractivity contribution is 0.606. The van der Waals surface area contributed by atoms with E-state index in [1.54, 1.807) is 11.3 Å². The van der Waals surface area contributed by atoms with E-state index >= 15 is 0 Å². The van der Waals surface area contributed by atoms with E-state index in [1.165, 1.54) is 0 Å². The van der Waals surface area contributed by atoms with Crippen LogP contribution < -0.4 is 5.73 Å². The molecule has 0 unspecified atom stereocenters. The van der Waals surface area contributed by atoms with Gasteiger partial charge in [-0.2, -0.15) is 0 Å². The fourth-order valence-electron chi connectivity index (χ4n) is 1.44.